The Balaban J connectivity index is 1.68. The zero-order chi connectivity index (χ0) is 17.4. The first-order valence-electron chi connectivity index (χ1n) is 8.49. The molecule has 0 aliphatic heterocycles. The minimum atomic E-state index is 0.0426. The molecule has 128 valence electrons. The van der Waals surface area contributed by atoms with Crippen LogP contribution in [0.4, 0.5) is 5.82 Å². The zero-order valence-electron chi connectivity index (χ0n) is 14.3. The second kappa shape index (κ2) is 6.44. The molecule has 4 rings (SSSR count). The van der Waals surface area contributed by atoms with Gasteiger partial charge in [0, 0.05) is 16.9 Å². The number of rotatable bonds is 4. The number of hydrazine groups is 1. The van der Waals surface area contributed by atoms with Gasteiger partial charge in [0.15, 0.2) is 5.82 Å². The summed E-state index contributed by atoms with van der Waals surface area (Å²) in [5, 5.41) is 3.05. The van der Waals surface area contributed by atoms with Crippen molar-refractivity contribution in [3.05, 3.63) is 41.0 Å². The van der Waals surface area contributed by atoms with E-state index in [0.717, 1.165) is 40.6 Å². The van der Waals surface area contributed by atoms with Crippen LogP contribution in [0.1, 0.15) is 30.4 Å². The maximum absolute atomic E-state index is 12.1. The Bertz CT molecular complexity index is 946. The molecule has 1 aliphatic rings. The van der Waals surface area contributed by atoms with E-state index in [2.05, 4.69) is 58.2 Å². The van der Waals surface area contributed by atoms with Crippen molar-refractivity contribution in [3.63, 3.8) is 0 Å². The Morgan fingerprint density at radius 3 is 2.76 bits per heavy atom. The summed E-state index contributed by atoms with van der Waals surface area (Å²) in [6.45, 7) is 4.22. The normalized spacial score (nSPS) is 14.3. The Kier molecular flexibility index (Phi) is 4.13. The van der Waals surface area contributed by atoms with Crippen molar-refractivity contribution in [3.8, 4) is 11.1 Å². The lowest BCUT2D eigenvalue weighted by molar-refractivity contribution is -0.126. The predicted molar refractivity (Wildman–Crippen MR) is 101 cm³/mol. The Morgan fingerprint density at radius 1 is 1.20 bits per heavy atom. The van der Waals surface area contributed by atoms with Gasteiger partial charge in [-0.25, -0.2) is 9.97 Å². The van der Waals surface area contributed by atoms with Crippen LogP contribution in [0, 0.1) is 19.8 Å². The first-order chi connectivity index (χ1) is 12.1. The Labute approximate surface area is 150 Å². The number of amides is 1. The summed E-state index contributed by atoms with van der Waals surface area (Å²) < 4.78 is 0. The first kappa shape index (κ1) is 16.0. The van der Waals surface area contributed by atoms with Crippen LogP contribution < -0.4 is 10.9 Å². The highest BCUT2D eigenvalue weighted by Crippen LogP contribution is 2.37. The van der Waals surface area contributed by atoms with E-state index in [9.17, 15) is 4.79 Å². The standard InChI is InChI=1S/C19H20N4OS/c1-11-6-7-14(8-12(11)2)15-9-25-19-16(15)17(20-10-21-19)22-23-18(24)13-4-3-5-13/h6-10,13H,3-5H2,1-2H3,(H,23,24)(H,20,21,22). The molecule has 0 radical (unpaired) electrons. The summed E-state index contributed by atoms with van der Waals surface area (Å²) in [6.07, 6.45) is 4.61. The molecule has 3 aromatic rings. The Morgan fingerprint density at radius 2 is 2.04 bits per heavy atom. The molecule has 1 saturated carbocycles. The quantitative estimate of drug-likeness (QED) is 0.690. The molecule has 1 amide bonds. The third-order valence-electron chi connectivity index (χ3n) is 4.97. The minimum absolute atomic E-state index is 0.0426. The highest BCUT2D eigenvalue weighted by molar-refractivity contribution is 7.17. The van der Waals surface area contributed by atoms with Crippen molar-refractivity contribution < 1.29 is 4.79 Å². The van der Waals surface area contributed by atoms with Crippen molar-refractivity contribution in [1.29, 1.82) is 0 Å². The predicted octanol–water partition coefficient (Wildman–Crippen LogP) is 4.22. The van der Waals surface area contributed by atoms with Crippen LogP contribution in [0.15, 0.2) is 29.9 Å². The van der Waals surface area contributed by atoms with E-state index in [4.69, 9.17) is 0 Å². The fraction of sp³-hybridized carbons (Fsp3) is 0.316. The average molecular weight is 352 g/mol. The van der Waals surface area contributed by atoms with Gasteiger partial charge in [-0.3, -0.25) is 15.6 Å². The van der Waals surface area contributed by atoms with Crippen LogP contribution in [-0.2, 0) is 4.79 Å². The van der Waals surface area contributed by atoms with Gasteiger partial charge in [-0.1, -0.05) is 24.6 Å². The molecule has 2 heterocycles. The maximum Gasteiger partial charge on any atom is 0.241 e. The summed E-state index contributed by atoms with van der Waals surface area (Å²) in [7, 11) is 0. The molecule has 6 heteroatoms. The van der Waals surface area contributed by atoms with Crippen LogP contribution in [0.2, 0.25) is 0 Å². The number of carbonyl (C=O) groups is 1. The van der Waals surface area contributed by atoms with Gasteiger partial charge in [-0.2, -0.15) is 0 Å². The molecule has 0 spiro atoms. The van der Waals surface area contributed by atoms with Gasteiger partial charge >= 0.3 is 0 Å². The topological polar surface area (TPSA) is 66.9 Å². The molecule has 1 fully saturated rings. The van der Waals surface area contributed by atoms with E-state index >= 15 is 0 Å². The molecule has 5 nitrogen and oxygen atoms in total. The van der Waals surface area contributed by atoms with E-state index in [-0.39, 0.29) is 11.8 Å². The molecule has 2 aromatic heterocycles. The van der Waals surface area contributed by atoms with Crippen molar-refractivity contribution in [2.75, 3.05) is 5.43 Å². The summed E-state index contributed by atoms with van der Waals surface area (Å²) in [4.78, 5) is 21.7. The van der Waals surface area contributed by atoms with Crippen LogP contribution in [-0.4, -0.2) is 15.9 Å². The highest BCUT2D eigenvalue weighted by atomic mass is 32.1. The van der Waals surface area contributed by atoms with Gasteiger partial charge in [-0.15, -0.1) is 11.3 Å². The van der Waals surface area contributed by atoms with Gasteiger partial charge in [0.05, 0.1) is 5.39 Å². The van der Waals surface area contributed by atoms with Crippen LogP contribution in [0.25, 0.3) is 21.3 Å². The summed E-state index contributed by atoms with van der Waals surface area (Å²) >= 11 is 1.59. The van der Waals surface area contributed by atoms with Gasteiger partial charge in [0.2, 0.25) is 5.91 Å². The summed E-state index contributed by atoms with van der Waals surface area (Å²) in [5.41, 5.74) is 10.6. The third-order valence-corrected chi connectivity index (χ3v) is 5.85. The van der Waals surface area contributed by atoms with Crippen LogP contribution in [0.5, 0.6) is 0 Å². The molecule has 2 N–H and O–H groups in total. The number of aryl methyl sites for hydroxylation is 2. The molecule has 0 bridgehead atoms. The van der Waals surface area contributed by atoms with E-state index in [1.165, 1.54) is 17.5 Å². The fourth-order valence-electron chi connectivity index (χ4n) is 2.98. The number of anilines is 1. The van der Waals surface area contributed by atoms with E-state index in [1.807, 2.05) is 0 Å². The molecular weight excluding hydrogens is 332 g/mol. The van der Waals surface area contributed by atoms with Gasteiger partial charge in [-0.05, 0) is 43.4 Å². The lowest BCUT2D eigenvalue weighted by Crippen LogP contribution is -2.38. The molecule has 0 saturated heterocycles. The smallest absolute Gasteiger partial charge is 0.241 e. The third kappa shape index (κ3) is 2.98. The second-order valence-corrected chi connectivity index (χ2v) is 7.45. The largest absolute Gasteiger partial charge is 0.281 e. The lowest BCUT2D eigenvalue weighted by Gasteiger charge is -2.24. The summed E-state index contributed by atoms with van der Waals surface area (Å²) in [6, 6.07) is 6.43. The minimum Gasteiger partial charge on any atom is -0.281 e. The fourth-order valence-corrected chi connectivity index (χ4v) is 3.90. The number of fused-ring (bicyclic) bond motifs is 1. The second-order valence-electron chi connectivity index (χ2n) is 6.59. The van der Waals surface area contributed by atoms with Crippen molar-refractivity contribution in [2.24, 2.45) is 5.92 Å². The van der Waals surface area contributed by atoms with E-state index < -0.39 is 0 Å². The Hall–Kier alpha value is -2.47. The molecule has 0 unspecified atom stereocenters. The highest BCUT2D eigenvalue weighted by Gasteiger charge is 2.25. The van der Waals surface area contributed by atoms with Crippen molar-refractivity contribution in [2.45, 2.75) is 33.1 Å². The lowest BCUT2D eigenvalue weighted by atomic mass is 9.85. The van der Waals surface area contributed by atoms with Gasteiger partial charge < -0.3 is 0 Å². The number of hydrogen-bond acceptors (Lipinski definition) is 5. The maximum atomic E-state index is 12.1. The number of nitrogens with one attached hydrogen (secondary N) is 2. The molecule has 0 atom stereocenters. The van der Waals surface area contributed by atoms with Crippen LogP contribution in [0.3, 0.4) is 0 Å². The molecular formula is C19H20N4OS. The number of hydrogen-bond donors (Lipinski definition) is 2. The number of aromatic nitrogens is 2. The van der Waals surface area contributed by atoms with Crippen molar-refractivity contribution >= 4 is 33.3 Å². The number of nitrogens with zero attached hydrogens (tertiary/aromatic N) is 2. The van der Waals surface area contributed by atoms with Crippen molar-refractivity contribution in [1.82, 2.24) is 15.4 Å². The molecule has 1 aromatic carbocycles. The number of thiophene rings is 1. The molecule has 1 aliphatic carbocycles. The first-order valence-corrected chi connectivity index (χ1v) is 9.37. The SMILES string of the molecule is Cc1ccc(-c2csc3ncnc(NNC(=O)C4CCC4)c23)cc1C. The summed E-state index contributed by atoms with van der Waals surface area (Å²) in [5.74, 6) is 0.819. The van der Waals surface area contributed by atoms with Crippen LogP contribution >= 0.6 is 11.3 Å². The molecule has 25 heavy (non-hydrogen) atoms. The average Bonchev–Trinajstić information content (AvgIpc) is 2.98. The van der Waals surface area contributed by atoms with E-state index in [0.29, 0.717) is 5.82 Å². The monoisotopic (exact) mass is 352 g/mol. The zero-order valence-corrected chi connectivity index (χ0v) is 15.1. The van der Waals surface area contributed by atoms with E-state index in [1.54, 1.807) is 11.3 Å². The number of carbonyl (C=O) groups excluding carboxylic acids is 1. The number of benzene rings is 1. The van der Waals surface area contributed by atoms with Gasteiger partial charge in [0.1, 0.15) is 11.2 Å². The van der Waals surface area contributed by atoms with Gasteiger partial charge in [0.25, 0.3) is 0 Å².